The number of nitrogens with zero attached hydrogens (tertiary/aromatic N) is 4. The molecule has 0 aliphatic rings. The summed E-state index contributed by atoms with van der Waals surface area (Å²) in [4.78, 5) is 0. The zero-order valence-corrected chi connectivity index (χ0v) is 12.2. The number of hydrogen-bond acceptors (Lipinski definition) is 4. The van der Waals surface area contributed by atoms with Crippen molar-refractivity contribution in [3.8, 4) is 11.4 Å². The third-order valence-corrected chi connectivity index (χ3v) is 3.29. The van der Waals surface area contributed by atoms with Crippen molar-refractivity contribution in [2.45, 2.75) is 13.5 Å². The van der Waals surface area contributed by atoms with Crippen LogP contribution in [0.25, 0.3) is 5.69 Å². The summed E-state index contributed by atoms with van der Waals surface area (Å²) in [6.45, 7) is 2.22. The van der Waals surface area contributed by atoms with Crippen LogP contribution in [-0.4, -0.2) is 20.2 Å². The van der Waals surface area contributed by atoms with Crippen molar-refractivity contribution in [3.05, 3.63) is 64.9 Å². The molecule has 0 amide bonds. The van der Waals surface area contributed by atoms with E-state index in [0.717, 1.165) is 11.3 Å². The van der Waals surface area contributed by atoms with E-state index in [2.05, 4.69) is 15.5 Å². The van der Waals surface area contributed by atoms with Crippen molar-refractivity contribution in [2.24, 2.45) is 0 Å². The van der Waals surface area contributed by atoms with E-state index >= 15 is 0 Å². The molecule has 3 rings (SSSR count). The Balaban J connectivity index is 1.81. The van der Waals surface area contributed by atoms with E-state index in [0.29, 0.717) is 16.6 Å². The summed E-state index contributed by atoms with van der Waals surface area (Å²) in [7, 11) is 0. The van der Waals surface area contributed by atoms with Crippen LogP contribution in [0.2, 0.25) is 5.02 Å². The van der Waals surface area contributed by atoms with Crippen molar-refractivity contribution in [2.75, 3.05) is 0 Å². The highest BCUT2D eigenvalue weighted by molar-refractivity contribution is 6.32. The van der Waals surface area contributed by atoms with E-state index in [1.807, 2.05) is 55.5 Å². The van der Waals surface area contributed by atoms with E-state index < -0.39 is 0 Å². The minimum atomic E-state index is 0.241. The average molecular weight is 301 g/mol. The van der Waals surface area contributed by atoms with Gasteiger partial charge in [-0.15, -0.1) is 5.10 Å². The maximum Gasteiger partial charge on any atom is 0.194 e. The summed E-state index contributed by atoms with van der Waals surface area (Å²) < 4.78 is 7.37. The van der Waals surface area contributed by atoms with Crippen molar-refractivity contribution in [1.82, 2.24) is 20.2 Å². The van der Waals surface area contributed by atoms with Crippen LogP contribution in [0.5, 0.6) is 5.75 Å². The first kappa shape index (κ1) is 13.6. The number of rotatable bonds is 4. The molecule has 1 aromatic heterocycles. The fraction of sp³-hybridized carbons (Fsp3) is 0.133. The lowest BCUT2D eigenvalue weighted by molar-refractivity contribution is 0.292. The van der Waals surface area contributed by atoms with Crippen LogP contribution in [0.1, 0.15) is 11.4 Å². The molecule has 1 heterocycles. The van der Waals surface area contributed by atoms with Crippen LogP contribution < -0.4 is 4.74 Å². The highest BCUT2D eigenvalue weighted by atomic mass is 35.5. The van der Waals surface area contributed by atoms with E-state index in [-0.39, 0.29) is 6.61 Å². The standard InChI is InChI=1S/C15H13ClN4O/c1-11-7-8-13(16)14(9-11)21-10-15-17-18-19-20(15)12-5-3-2-4-6-12/h2-9H,10H2,1H3. The monoisotopic (exact) mass is 300 g/mol. The molecule has 0 unspecified atom stereocenters. The van der Waals surface area contributed by atoms with Gasteiger partial charge in [-0.25, -0.2) is 0 Å². The quantitative estimate of drug-likeness (QED) is 0.742. The second kappa shape index (κ2) is 5.93. The van der Waals surface area contributed by atoms with Gasteiger partial charge in [0.1, 0.15) is 12.4 Å². The lowest BCUT2D eigenvalue weighted by Crippen LogP contribution is -2.07. The molecule has 0 spiro atoms. The molecule has 0 radical (unpaired) electrons. The zero-order chi connectivity index (χ0) is 14.7. The second-order valence-electron chi connectivity index (χ2n) is 4.57. The van der Waals surface area contributed by atoms with Gasteiger partial charge in [-0.2, -0.15) is 4.68 Å². The third-order valence-electron chi connectivity index (χ3n) is 2.98. The molecule has 0 aliphatic heterocycles. The van der Waals surface area contributed by atoms with Gasteiger partial charge < -0.3 is 4.74 Å². The first-order valence-corrected chi connectivity index (χ1v) is 6.83. The highest BCUT2D eigenvalue weighted by Gasteiger charge is 2.10. The summed E-state index contributed by atoms with van der Waals surface area (Å²) in [5.74, 6) is 1.23. The van der Waals surface area contributed by atoms with E-state index in [1.165, 1.54) is 0 Å². The number of aryl methyl sites for hydroxylation is 1. The zero-order valence-electron chi connectivity index (χ0n) is 11.4. The Morgan fingerprint density at radius 2 is 1.95 bits per heavy atom. The van der Waals surface area contributed by atoms with Crippen LogP contribution in [-0.2, 0) is 6.61 Å². The van der Waals surface area contributed by atoms with Gasteiger partial charge in [0.05, 0.1) is 10.7 Å². The number of hydrogen-bond donors (Lipinski definition) is 0. The molecule has 0 saturated carbocycles. The van der Waals surface area contributed by atoms with Gasteiger partial charge in [0.15, 0.2) is 5.82 Å². The van der Waals surface area contributed by atoms with Gasteiger partial charge in [0.25, 0.3) is 0 Å². The molecule has 0 aliphatic carbocycles. The molecular weight excluding hydrogens is 288 g/mol. The predicted molar refractivity (Wildman–Crippen MR) is 79.7 cm³/mol. The molecule has 106 valence electrons. The van der Waals surface area contributed by atoms with Crippen molar-refractivity contribution in [3.63, 3.8) is 0 Å². The summed E-state index contributed by atoms with van der Waals surface area (Å²) >= 11 is 6.11. The molecular formula is C15H13ClN4O. The Labute approximate surface area is 127 Å². The minimum Gasteiger partial charge on any atom is -0.484 e. The van der Waals surface area contributed by atoms with Gasteiger partial charge in [-0.05, 0) is 47.2 Å². The number of aromatic nitrogens is 4. The highest BCUT2D eigenvalue weighted by Crippen LogP contribution is 2.26. The molecule has 5 nitrogen and oxygen atoms in total. The number of halogens is 1. The summed E-state index contributed by atoms with van der Waals surface area (Å²) in [6.07, 6.45) is 0. The van der Waals surface area contributed by atoms with E-state index in [1.54, 1.807) is 4.68 Å². The normalized spacial score (nSPS) is 10.6. The van der Waals surface area contributed by atoms with Crippen LogP contribution >= 0.6 is 11.6 Å². The van der Waals surface area contributed by atoms with Gasteiger partial charge in [-0.1, -0.05) is 35.9 Å². The average Bonchev–Trinajstić information content (AvgIpc) is 2.97. The van der Waals surface area contributed by atoms with Gasteiger partial charge in [0, 0.05) is 0 Å². The molecule has 2 aromatic carbocycles. The molecule has 0 fully saturated rings. The molecule has 3 aromatic rings. The maximum atomic E-state index is 6.11. The summed E-state index contributed by atoms with van der Waals surface area (Å²) in [5, 5.41) is 12.2. The third kappa shape index (κ3) is 3.03. The van der Waals surface area contributed by atoms with Crippen LogP contribution in [0, 0.1) is 6.92 Å². The molecule has 0 N–H and O–H groups in total. The van der Waals surface area contributed by atoms with Gasteiger partial charge in [-0.3, -0.25) is 0 Å². The Morgan fingerprint density at radius 1 is 1.14 bits per heavy atom. The SMILES string of the molecule is Cc1ccc(Cl)c(OCc2nnnn2-c2ccccc2)c1. The fourth-order valence-corrected chi connectivity index (χ4v) is 2.10. The van der Waals surface area contributed by atoms with E-state index in [4.69, 9.17) is 16.3 Å². The lowest BCUT2D eigenvalue weighted by atomic mass is 10.2. The maximum absolute atomic E-state index is 6.11. The van der Waals surface area contributed by atoms with Gasteiger partial charge >= 0.3 is 0 Å². The topological polar surface area (TPSA) is 52.8 Å². The fourth-order valence-electron chi connectivity index (χ4n) is 1.93. The second-order valence-corrected chi connectivity index (χ2v) is 4.97. The molecule has 6 heteroatoms. The van der Waals surface area contributed by atoms with Crippen LogP contribution in [0.4, 0.5) is 0 Å². The molecule has 21 heavy (non-hydrogen) atoms. The Kier molecular flexibility index (Phi) is 3.83. The van der Waals surface area contributed by atoms with Gasteiger partial charge in [0.2, 0.25) is 0 Å². The minimum absolute atomic E-state index is 0.241. The smallest absolute Gasteiger partial charge is 0.194 e. The molecule has 0 bridgehead atoms. The van der Waals surface area contributed by atoms with Crippen molar-refractivity contribution in [1.29, 1.82) is 0 Å². The summed E-state index contributed by atoms with van der Waals surface area (Å²) in [5.41, 5.74) is 1.97. The van der Waals surface area contributed by atoms with Crippen molar-refractivity contribution >= 4 is 11.6 Å². The largest absolute Gasteiger partial charge is 0.484 e. The first-order valence-electron chi connectivity index (χ1n) is 6.45. The lowest BCUT2D eigenvalue weighted by Gasteiger charge is -2.09. The Hall–Kier alpha value is -2.40. The molecule has 0 atom stereocenters. The Bertz CT molecular complexity index is 742. The predicted octanol–water partition coefficient (Wildman–Crippen LogP) is 3.20. The first-order chi connectivity index (χ1) is 10.2. The number of para-hydroxylation sites is 1. The number of benzene rings is 2. The van der Waals surface area contributed by atoms with Crippen LogP contribution in [0.15, 0.2) is 48.5 Å². The Morgan fingerprint density at radius 3 is 2.76 bits per heavy atom. The number of tetrazole rings is 1. The number of ether oxygens (including phenoxy) is 1. The van der Waals surface area contributed by atoms with Crippen LogP contribution in [0.3, 0.4) is 0 Å². The van der Waals surface area contributed by atoms with E-state index in [9.17, 15) is 0 Å². The summed E-state index contributed by atoms with van der Waals surface area (Å²) in [6, 6.07) is 15.3. The van der Waals surface area contributed by atoms with Crippen molar-refractivity contribution < 1.29 is 4.74 Å². The molecule has 0 saturated heterocycles.